The Hall–Kier alpha value is -2.36. The molecule has 2 aromatic carbocycles. The molecule has 2 aliphatic rings. The smallest absolute Gasteiger partial charge is 0.195 e. The van der Waals surface area contributed by atoms with Gasteiger partial charge in [0.15, 0.2) is 11.6 Å². The highest BCUT2D eigenvalue weighted by Gasteiger charge is 2.40. The van der Waals surface area contributed by atoms with E-state index in [1.807, 2.05) is 0 Å². The second-order valence-corrected chi connectivity index (χ2v) is 14.3. The Labute approximate surface area is 291 Å². The van der Waals surface area contributed by atoms with Crippen LogP contribution in [-0.2, 0) is 37.1 Å². The summed E-state index contributed by atoms with van der Waals surface area (Å²) in [5.41, 5.74) is 4.49. The normalized spacial score (nSPS) is 17.1. The largest absolute Gasteiger partial charge is 0.343 e. The fourth-order valence-electron chi connectivity index (χ4n) is 8.00. The number of rotatable bonds is 23. The Morgan fingerprint density at radius 3 is 1.25 bits per heavy atom. The van der Waals surface area contributed by atoms with Gasteiger partial charge in [0.1, 0.15) is 0 Å². The summed E-state index contributed by atoms with van der Waals surface area (Å²) in [5.74, 6) is 1.53. The molecule has 2 fully saturated rings. The van der Waals surface area contributed by atoms with Gasteiger partial charge < -0.3 is 23.5 Å². The van der Waals surface area contributed by atoms with Crippen LogP contribution in [0, 0.1) is 12.3 Å². The highest BCUT2D eigenvalue weighted by atomic mass is 16.7. The van der Waals surface area contributed by atoms with Crippen LogP contribution in [0.3, 0.4) is 0 Å². The van der Waals surface area contributed by atoms with Gasteiger partial charge in [-0.15, -0.1) is 6.42 Å². The number of hydrogen-bond donors (Lipinski definition) is 0. The summed E-state index contributed by atoms with van der Waals surface area (Å²) in [7, 11) is 0. The molecule has 2 aliphatic heterocycles. The van der Waals surface area contributed by atoms with Crippen molar-refractivity contribution in [2.24, 2.45) is 0 Å². The molecule has 0 unspecified atom stereocenters. The monoisotopic (exact) mass is 657 g/mol. The second kappa shape index (κ2) is 19.1. The SMILES string of the molecule is C#CCn1c2ccc(C3(CCCCCCCCCCC)OCCO3)cc2c2cc(C3(CCCCCCCCCCC)OCCO3)ccc21. The number of unbranched alkanes of at least 4 members (excludes halogenated alkanes) is 16. The van der Waals surface area contributed by atoms with Crippen LogP contribution < -0.4 is 0 Å². The van der Waals surface area contributed by atoms with Crippen LogP contribution in [-0.4, -0.2) is 31.0 Å². The van der Waals surface area contributed by atoms with Crippen molar-refractivity contribution >= 4 is 21.8 Å². The van der Waals surface area contributed by atoms with Crippen molar-refractivity contribution in [2.45, 2.75) is 160 Å². The Bertz CT molecular complexity index is 1320. The molecule has 0 spiro atoms. The Morgan fingerprint density at radius 2 is 0.896 bits per heavy atom. The first-order valence-electron chi connectivity index (χ1n) is 19.7. The minimum atomic E-state index is -0.678. The molecule has 5 rings (SSSR count). The van der Waals surface area contributed by atoms with Crippen LogP contribution in [0.25, 0.3) is 21.8 Å². The predicted molar refractivity (Wildman–Crippen MR) is 199 cm³/mol. The van der Waals surface area contributed by atoms with Crippen molar-refractivity contribution in [3.05, 3.63) is 47.5 Å². The minimum Gasteiger partial charge on any atom is -0.343 e. The van der Waals surface area contributed by atoms with E-state index in [0.717, 1.165) is 47.8 Å². The lowest BCUT2D eigenvalue weighted by atomic mass is 9.94. The summed E-state index contributed by atoms with van der Waals surface area (Å²) in [6, 6.07) is 13.4. The van der Waals surface area contributed by atoms with E-state index in [1.54, 1.807) is 0 Å². The highest BCUT2D eigenvalue weighted by Crippen LogP contribution is 2.42. The van der Waals surface area contributed by atoms with E-state index in [2.05, 4.69) is 60.7 Å². The minimum absolute atomic E-state index is 0.520. The summed E-state index contributed by atoms with van der Waals surface area (Å²) >= 11 is 0. The molecule has 5 heteroatoms. The molecule has 5 nitrogen and oxygen atoms in total. The number of ether oxygens (including phenoxy) is 4. The predicted octanol–water partition coefficient (Wildman–Crippen LogP) is 11.7. The third-order valence-electron chi connectivity index (χ3n) is 10.7. The molecule has 3 aromatic rings. The van der Waals surface area contributed by atoms with Gasteiger partial charge in [0.2, 0.25) is 0 Å². The van der Waals surface area contributed by atoms with E-state index in [9.17, 15) is 0 Å². The number of aromatic nitrogens is 1. The molecule has 2 saturated heterocycles. The molecule has 0 amide bonds. The summed E-state index contributed by atoms with van der Waals surface area (Å²) < 4.78 is 28.0. The van der Waals surface area contributed by atoms with Crippen LogP contribution in [0.4, 0.5) is 0 Å². The summed E-state index contributed by atoms with van der Waals surface area (Å²) in [6.07, 6.45) is 31.1. The van der Waals surface area contributed by atoms with Gasteiger partial charge in [-0.05, 0) is 37.1 Å². The topological polar surface area (TPSA) is 41.9 Å². The first-order chi connectivity index (χ1) is 23.7. The van der Waals surface area contributed by atoms with E-state index >= 15 is 0 Å². The zero-order valence-electron chi connectivity index (χ0n) is 30.3. The molecule has 0 aliphatic carbocycles. The lowest BCUT2D eigenvalue weighted by molar-refractivity contribution is -0.172. The van der Waals surface area contributed by atoms with E-state index in [4.69, 9.17) is 25.4 Å². The maximum Gasteiger partial charge on any atom is 0.195 e. The maximum absolute atomic E-state index is 6.43. The van der Waals surface area contributed by atoms with Crippen molar-refractivity contribution in [3.8, 4) is 12.3 Å². The van der Waals surface area contributed by atoms with Crippen molar-refractivity contribution in [2.75, 3.05) is 26.4 Å². The zero-order valence-corrected chi connectivity index (χ0v) is 30.3. The van der Waals surface area contributed by atoms with Crippen molar-refractivity contribution < 1.29 is 18.9 Å². The molecule has 48 heavy (non-hydrogen) atoms. The molecule has 0 radical (unpaired) electrons. The lowest BCUT2D eigenvalue weighted by Crippen LogP contribution is -2.27. The van der Waals surface area contributed by atoms with Gasteiger partial charge in [-0.3, -0.25) is 0 Å². The van der Waals surface area contributed by atoms with Gasteiger partial charge in [0.05, 0.1) is 33.0 Å². The summed E-state index contributed by atoms with van der Waals surface area (Å²) in [6.45, 7) is 7.61. The maximum atomic E-state index is 6.43. The van der Waals surface area contributed by atoms with E-state index in [0.29, 0.717) is 33.0 Å². The number of hydrogen-bond acceptors (Lipinski definition) is 4. The third kappa shape index (κ3) is 9.25. The van der Waals surface area contributed by atoms with Gasteiger partial charge in [-0.2, -0.15) is 0 Å². The van der Waals surface area contributed by atoms with Gasteiger partial charge in [-0.1, -0.05) is 135 Å². The summed E-state index contributed by atoms with van der Waals surface area (Å²) in [5, 5.41) is 2.36. The highest BCUT2D eigenvalue weighted by molar-refractivity contribution is 6.08. The molecule has 0 saturated carbocycles. The molecule has 0 atom stereocenters. The van der Waals surface area contributed by atoms with Gasteiger partial charge >= 0.3 is 0 Å². The van der Waals surface area contributed by atoms with E-state index < -0.39 is 11.6 Å². The van der Waals surface area contributed by atoms with Gasteiger partial charge in [0.25, 0.3) is 0 Å². The standard InChI is InChI=1S/C43H63NO4/c1-4-7-9-11-13-15-17-19-21-27-42(45-30-31-46-42)36-23-25-40-38(34-36)39-35-37(24-26-41(39)44(40)29-6-3)43(47-32-33-48-43)28-22-20-18-16-14-12-10-8-5-2/h3,23-26,34-35H,4-5,7-22,27-33H2,1-2H3. The van der Waals surface area contributed by atoms with Crippen LogP contribution in [0.5, 0.6) is 0 Å². The molecule has 0 N–H and O–H groups in total. The average molecular weight is 658 g/mol. The zero-order chi connectivity index (χ0) is 33.5. The Morgan fingerprint density at radius 1 is 0.542 bits per heavy atom. The van der Waals surface area contributed by atoms with Crippen LogP contribution in [0.2, 0.25) is 0 Å². The number of benzene rings is 2. The molecule has 3 heterocycles. The molecule has 0 bridgehead atoms. The quantitative estimate of drug-likeness (QED) is 0.0752. The Kier molecular flexibility index (Phi) is 14.7. The molecular formula is C43H63NO4. The average Bonchev–Trinajstić information content (AvgIpc) is 3.86. The van der Waals surface area contributed by atoms with Gasteiger partial charge in [0, 0.05) is 45.8 Å². The van der Waals surface area contributed by atoms with E-state index in [1.165, 1.54) is 114 Å². The first kappa shape index (κ1) is 36.9. The lowest BCUT2D eigenvalue weighted by Gasteiger charge is -2.28. The van der Waals surface area contributed by atoms with Gasteiger partial charge in [-0.25, -0.2) is 0 Å². The number of fused-ring (bicyclic) bond motifs is 3. The number of terminal acetylenes is 1. The van der Waals surface area contributed by atoms with Crippen LogP contribution >= 0.6 is 0 Å². The first-order valence-corrected chi connectivity index (χ1v) is 19.7. The fourth-order valence-corrected chi connectivity index (χ4v) is 8.00. The molecular weight excluding hydrogens is 594 g/mol. The van der Waals surface area contributed by atoms with Crippen LogP contribution in [0.15, 0.2) is 36.4 Å². The second-order valence-electron chi connectivity index (χ2n) is 14.3. The van der Waals surface area contributed by atoms with Crippen LogP contribution in [0.1, 0.15) is 153 Å². The van der Waals surface area contributed by atoms with Crippen molar-refractivity contribution in [1.82, 2.24) is 4.57 Å². The molecule has 1 aromatic heterocycles. The summed E-state index contributed by atoms with van der Waals surface area (Å²) in [4.78, 5) is 0. The van der Waals surface area contributed by atoms with E-state index in [-0.39, 0.29) is 0 Å². The number of nitrogens with zero attached hydrogens (tertiary/aromatic N) is 1. The fraction of sp³-hybridized carbons (Fsp3) is 0.674. The molecule has 264 valence electrons. The van der Waals surface area contributed by atoms with Crippen molar-refractivity contribution in [3.63, 3.8) is 0 Å². The third-order valence-corrected chi connectivity index (χ3v) is 10.7. The van der Waals surface area contributed by atoms with Crippen molar-refractivity contribution in [1.29, 1.82) is 0 Å². The Balaban J connectivity index is 1.31.